The topological polar surface area (TPSA) is 64.0 Å². The number of hydroxylamine groups is 2. The molecule has 0 aliphatic carbocycles. The summed E-state index contributed by atoms with van der Waals surface area (Å²) in [5, 5.41) is 18.4. The Bertz CT molecular complexity index is 234. The van der Waals surface area contributed by atoms with Gasteiger partial charge in [-0.15, -0.1) is 0 Å². The maximum absolute atomic E-state index is 11.0. The molecule has 0 radical (unpaired) electrons. The zero-order valence-corrected chi connectivity index (χ0v) is 7.93. The fraction of sp³-hybridized carbons (Fsp3) is 0.375. The molecule has 0 saturated heterocycles. The van der Waals surface area contributed by atoms with E-state index in [1.807, 2.05) is 0 Å². The van der Waals surface area contributed by atoms with Crippen LogP contribution in [0.5, 0.6) is 0 Å². The maximum atomic E-state index is 11.0. The minimum Gasteiger partial charge on any atom is -0.494 e. The lowest BCUT2D eigenvalue weighted by Gasteiger charge is -2.18. The number of urea groups is 1. The van der Waals surface area contributed by atoms with Crippen LogP contribution in [0.15, 0.2) is 24.1 Å². The van der Waals surface area contributed by atoms with E-state index in [9.17, 15) is 9.90 Å². The Morgan fingerprint density at radius 1 is 1.38 bits per heavy atom. The molecule has 0 rings (SSSR count). The van der Waals surface area contributed by atoms with Crippen molar-refractivity contribution in [3.63, 3.8) is 0 Å². The van der Waals surface area contributed by atoms with Gasteiger partial charge in [0.2, 0.25) is 0 Å². The molecule has 5 nitrogen and oxygen atoms in total. The molecule has 5 heteroatoms. The van der Waals surface area contributed by atoms with E-state index in [0.29, 0.717) is 5.06 Å². The van der Waals surface area contributed by atoms with Crippen LogP contribution in [0.25, 0.3) is 0 Å². The molecule has 0 aliphatic rings. The van der Waals surface area contributed by atoms with Gasteiger partial charge in [-0.05, 0) is 13.0 Å². The lowest BCUT2D eigenvalue weighted by molar-refractivity contribution is -0.0316. The summed E-state index contributed by atoms with van der Waals surface area (Å²) in [7, 11) is 2.53. The van der Waals surface area contributed by atoms with Gasteiger partial charge in [-0.2, -0.15) is 0 Å². The number of allylic oxidation sites excluding steroid dienone is 3. The molecular formula is C8H14N2O3. The molecule has 0 unspecified atom stereocenters. The Labute approximate surface area is 77.1 Å². The number of aliphatic hydroxyl groups is 1. The van der Waals surface area contributed by atoms with Gasteiger partial charge >= 0.3 is 6.03 Å². The summed E-state index contributed by atoms with van der Waals surface area (Å²) < 4.78 is 0. The fourth-order valence-electron chi connectivity index (χ4n) is 0.609. The molecule has 0 atom stereocenters. The summed E-state index contributed by atoms with van der Waals surface area (Å²) in [6.45, 7) is 1.78. The Hall–Kier alpha value is -1.49. The van der Waals surface area contributed by atoms with Gasteiger partial charge in [0.1, 0.15) is 0 Å². The molecule has 0 fully saturated rings. The highest BCUT2D eigenvalue weighted by Gasteiger charge is 2.14. The van der Waals surface area contributed by atoms with Gasteiger partial charge in [0.15, 0.2) is 5.88 Å². The first-order valence-electron chi connectivity index (χ1n) is 3.73. The minimum atomic E-state index is -0.710. The van der Waals surface area contributed by atoms with Crippen molar-refractivity contribution in [2.45, 2.75) is 6.92 Å². The van der Waals surface area contributed by atoms with Crippen LogP contribution in [0.1, 0.15) is 6.92 Å². The van der Waals surface area contributed by atoms with Crippen LogP contribution in [-0.2, 0) is 0 Å². The molecule has 2 N–H and O–H groups in total. The van der Waals surface area contributed by atoms with Crippen molar-refractivity contribution >= 4 is 6.03 Å². The molecule has 0 aromatic heterocycles. The van der Waals surface area contributed by atoms with E-state index in [1.165, 1.54) is 20.2 Å². The first kappa shape index (κ1) is 11.5. The average molecular weight is 186 g/mol. The van der Waals surface area contributed by atoms with Gasteiger partial charge in [-0.1, -0.05) is 12.2 Å². The summed E-state index contributed by atoms with van der Waals surface area (Å²) in [6, 6.07) is -0.710. The van der Waals surface area contributed by atoms with E-state index < -0.39 is 6.03 Å². The van der Waals surface area contributed by atoms with Gasteiger partial charge in [0.25, 0.3) is 0 Å². The number of amides is 2. The highest BCUT2D eigenvalue weighted by molar-refractivity contribution is 5.74. The summed E-state index contributed by atoms with van der Waals surface area (Å²) in [5.74, 6) is -0.232. The second-order valence-corrected chi connectivity index (χ2v) is 2.42. The van der Waals surface area contributed by atoms with Crippen molar-refractivity contribution in [3.05, 3.63) is 24.1 Å². The highest BCUT2D eigenvalue weighted by Crippen LogP contribution is 2.00. The second-order valence-electron chi connectivity index (χ2n) is 2.42. The Kier molecular flexibility index (Phi) is 4.61. The Morgan fingerprint density at radius 2 is 1.92 bits per heavy atom. The quantitative estimate of drug-likeness (QED) is 0.296. The smallest absolute Gasteiger partial charge is 0.349 e. The lowest BCUT2D eigenvalue weighted by Crippen LogP contribution is -2.36. The van der Waals surface area contributed by atoms with E-state index in [-0.39, 0.29) is 5.88 Å². The van der Waals surface area contributed by atoms with E-state index >= 15 is 0 Å². The molecule has 0 heterocycles. The minimum absolute atomic E-state index is 0.232. The molecule has 0 aliphatic heterocycles. The zero-order valence-electron chi connectivity index (χ0n) is 7.93. The standard InChI is InChI=1S/C8H14N2O3/c1-4-5-6-7(11)9(2)8(12)10(3)13/h4-6,11,13H,1-3H3/b5-4-,7-6+. The predicted octanol–water partition coefficient (Wildman–Crippen LogP) is 1.33. The summed E-state index contributed by atoms with van der Waals surface area (Å²) >= 11 is 0. The number of carbonyl (C=O) groups is 1. The molecule has 0 bridgehead atoms. The fourth-order valence-corrected chi connectivity index (χ4v) is 0.609. The molecule has 0 aromatic carbocycles. The monoisotopic (exact) mass is 186 g/mol. The third-order valence-corrected chi connectivity index (χ3v) is 1.35. The van der Waals surface area contributed by atoms with E-state index in [4.69, 9.17) is 5.21 Å². The van der Waals surface area contributed by atoms with Gasteiger partial charge in [-0.25, -0.2) is 9.86 Å². The van der Waals surface area contributed by atoms with Gasteiger partial charge < -0.3 is 5.11 Å². The third-order valence-electron chi connectivity index (χ3n) is 1.35. The first-order chi connectivity index (χ1) is 6.00. The lowest BCUT2D eigenvalue weighted by atomic mass is 10.5. The first-order valence-corrected chi connectivity index (χ1v) is 3.73. The van der Waals surface area contributed by atoms with E-state index in [0.717, 1.165) is 4.90 Å². The molecule has 0 saturated carbocycles. The van der Waals surface area contributed by atoms with Gasteiger partial charge in [-0.3, -0.25) is 10.1 Å². The van der Waals surface area contributed by atoms with Crippen LogP contribution in [-0.4, -0.2) is 40.4 Å². The van der Waals surface area contributed by atoms with Crippen LogP contribution in [0.3, 0.4) is 0 Å². The normalized spacial score (nSPS) is 11.8. The largest absolute Gasteiger partial charge is 0.494 e. The number of hydrogen-bond acceptors (Lipinski definition) is 3. The maximum Gasteiger partial charge on any atom is 0.349 e. The molecular weight excluding hydrogens is 172 g/mol. The van der Waals surface area contributed by atoms with Crippen molar-refractivity contribution in [2.24, 2.45) is 0 Å². The number of rotatable bonds is 2. The van der Waals surface area contributed by atoms with E-state index in [1.54, 1.807) is 19.1 Å². The van der Waals surface area contributed by atoms with Crippen molar-refractivity contribution in [1.29, 1.82) is 0 Å². The number of carbonyl (C=O) groups excluding carboxylic acids is 1. The molecule has 0 spiro atoms. The second kappa shape index (κ2) is 5.21. The molecule has 0 aromatic rings. The van der Waals surface area contributed by atoms with Crippen molar-refractivity contribution < 1.29 is 15.1 Å². The Morgan fingerprint density at radius 3 is 2.31 bits per heavy atom. The Balaban J connectivity index is 4.42. The van der Waals surface area contributed by atoms with E-state index in [2.05, 4.69) is 0 Å². The third kappa shape index (κ3) is 3.62. The van der Waals surface area contributed by atoms with Crippen LogP contribution in [0.2, 0.25) is 0 Å². The average Bonchev–Trinajstić information content (AvgIpc) is 2.11. The molecule has 74 valence electrons. The number of nitrogens with zero attached hydrogens (tertiary/aromatic N) is 2. The highest BCUT2D eigenvalue weighted by atomic mass is 16.5. The molecule has 13 heavy (non-hydrogen) atoms. The van der Waals surface area contributed by atoms with Crippen molar-refractivity contribution in [1.82, 2.24) is 9.96 Å². The summed E-state index contributed by atoms with van der Waals surface area (Å²) in [6.07, 6.45) is 4.63. The number of hydrogen-bond donors (Lipinski definition) is 2. The van der Waals surface area contributed by atoms with Gasteiger partial charge in [0, 0.05) is 14.1 Å². The van der Waals surface area contributed by atoms with Crippen molar-refractivity contribution in [2.75, 3.05) is 14.1 Å². The van der Waals surface area contributed by atoms with Crippen molar-refractivity contribution in [3.8, 4) is 0 Å². The molecule has 2 amide bonds. The predicted molar refractivity (Wildman–Crippen MR) is 48.2 cm³/mol. The van der Waals surface area contributed by atoms with Crippen LogP contribution in [0.4, 0.5) is 4.79 Å². The summed E-state index contributed by atoms with van der Waals surface area (Å²) in [4.78, 5) is 11.9. The zero-order chi connectivity index (χ0) is 10.4. The van der Waals surface area contributed by atoms with Crippen LogP contribution in [0, 0.1) is 0 Å². The van der Waals surface area contributed by atoms with Crippen LogP contribution >= 0.6 is 0 Å². The number of aliphatic hydroxyl groups excluding tert-OH is 1. The summed E-state index contributed by atoms with van der Waals surface area (Å²) in [5.41, 5.74) is 0. The van der Waals surface area contributed by atoms with Gasteiger partial charge in [0.05, 0.1) is 0 Å². The SMILES string of the molecule is C/C=C\C=C(\O)N(C)C(=O)N(C)O. The van der Waals surface area contributed by atoms with Crippen LogP contribution < -0.4 is 0 Å².